The summed E-state index contributed by atoms with van der Waals surface area (Å²) in [5, 5.41) is 11.5. The molecule has 26 heavy (non-hydrogen) atoms. The molecule has 0 saturated heterocycles. The second kappa shape index (κ2) is 11.8. The molecule has 2 atom stereocenters. The Morgan fingerprint density at radius 2 is 1.85 bits per heavy atom. The van der Waals surface area contributed by atoms with Crippen LogP contribution >= 0.6 is 24.0 Å². The molecule has 1 heterocycles. The van der Waals surface area contributed by atoms with E-state index in [4.69, 9.17) is 0 Å². The molecule has 0 radical (unpaired) electrons. The Hall–Kier alpha value is -0.830. The van der Waals surface area contributed by atoms with Gasteiger partial charge in [-0.05, 0) is 59.2 Å². The first-order valence-electron chi connectivity index (χ1n) is 9.28. The van der Waals surface area contributed by atoms with E-state index in [0.717, 1.165) is 24.6 Å². The maximum atomic E-state index is 4.51. The van der Waals surface area contributed by atoms with Gasteiger partial charge in [0.1, 0.15) is 0 Å². The first-order chi connectivity index (χ1) is 11.6. The molecule has 0 fully saturated rings. The maximum Gasteiger partial charge on any atom is 0.191 e. The van der Waals surface area contributed by atoms with Crippen molar-refractivity contribution >= 4 is 29.9 Å². The van der Waals surface area contributed by atoms with Crippen LogP contribution in [0.3, 0.4) is 0 Å². The number of guanidine groups is 1. The first-order valence-corrected chi connectivity index (χ1v) is 9.28. The Balaban J connectivity index is 0.00000625. The quantitative estimate of drug-likeness (QED) is 0.343. The molecule has 0 amide bonds. The fraction of sp³-hybridized carbons (Fsp3) is 0.789. The van der Waals surface area contributed by atoms with Crippen LogP contribution in [0.1, 0.15) is 44.1 Å². The summed E-state index contributed by atoms with van der Waals surface area (Å²) in [5.41, 5.74) is 3.67. The Morgan fingerprint density at radius 1 is 1.23 bits per heavy atom. The van der Waals surface area contributed by atoms with Crippen molar-refractivity contribution in [2.24, 2.45) is 18.0 Å². The van der Waals surface area contributed by atoms with Crippen LogP contribution in [0.15, 0.2) is 4.99 Å². The van der Waals surface area contributed by atoms with E-state index < -0.39 is 0 Å². The number of halogens is 1. The second-order valence-corrected chi connectivity index (χ2v) is 7.72. The predicted octanol–water partition coefficient (Wildman–Crippen LogP) is 2.73. The zero-order valence-corrected chi connectivity index (χ0v) is 20.4. The minimum atomic E-state index is 0. The Kier molecular flexibility index (Phi) is 11.4. The summed E-state index contributed by atoms with van der Waals surface area (Å²) < 4.78 is 1.96. The van der Waals surface area contributed by atoms with Crippen LogP contribution in [0.4, 0.5) is 0 Å². The first kappa shape index (κ1) is 25.2. The summed E-state index contributed by atoms with van der Waals surface area (Å²) in [4.78, 5) is 6.67. The lowest BCUT2D eigenvalue weighted by atomic mass is 10.0. The van der Waals surface area contributed by atoms with Crippen molar-refractivity contribution in [3.05, 3.63) is 17.0 Å². The molecule has 0 aliphatic heterocycles. The molecule has 0 bridgehead atoms. The molecular formula is C19H39IN6. The minimum Gasteiger partial charge on any atom is -0.355 e. The lowest BCUT2D eigenvalue weighted by Gasteiger charge is -2.27. The van der Waals surface area contributed by atoms with Crippen molar-refractivity contribution < 1.29 is 0 Å². The number of nitrogens with zero attached hydrogens (tertiary/aromatic N) is 4. The summed E-state index contributed by atoms with van der Waals surface area (Å²) in [7, 11) is 8.11. The van der Waals surface area contributed by atoms with Crippen LogP contribution in [-0.2, 0) is 13.5 Å². The smallest absolute Gasteiger partial charge is 0.191 e. The van der Waals surface area contributed by atoms with Gasteiger partial charge >= 0.3 is 0 Å². The van der Waals surface area contributed by atoms with E-state index in [-0.39, 0.29) is 30.0 Å². The molecular weight excluding hydrogens is 439 g/mol. The molecule has 7 heteroatoms. The molecule has 0 aliphatic rings. The highest BCUT2D eigenvalue weighted by molar-refractivity contribution is 14.0. The average molecular weight is 478 g/mol. The highest BCUT2D eigenvalue weighted by Gasteiger charge is 2.16. The average Bonchev–Trinajstić information content (AvgIpc) is 2.75. The van der Waals surface area contributed by atoms with E-state index in [2.05, 4.69) is 74.3 Å². The van der Waals surface area contributed by atoms with Gasteiger partial charge in [-0.1, -0.05) is 13.8 Å². The zero-order chi connectivity index (χ0) is 19.1. The van der Waals surface area contributed by atoms with Gasteiger partial charge in [-0.25, -0.2) is 0 Å². The third-order valence-electron chi connectivity index (χ3n) is 4.75. The van der Waals surface area contributed by atoms with Gasteiger partial charge in [0.15, 0.2) is 5.96 Å². The molecule has 0 aliphatic carbocycles. The van der Waals surface area contributed by atoms with Gasteiger partial charge in [0.25, 0.3) is 0 Å². The van der Waals surface area contributed by atoms with E-state index in [9.17, 15) is 0 Å². The number of nitrogens with one attached hydrogen (secondary N) is 2. The minimum absolute atomic E-state index is 0. The summed E-state index contributed by atoms with van der Waals surface area (Å²) in [5.74, 6) is 1.54. The Bertz CT molecular complexity index is 565. The number of aromatic nitrogens is 2. The molecule has 1 rings (SSSR count). The van der Waals surface area contributed by atoms with E-state index in [1.807, 2.05) is 18.8 Å². The fourth-order valence-electron chi connectivity index (χ4n) is 3.13. The SMILES string of the molecule is CN=C(NCC(CC(C)C)N(C)C)NC(C)Cc1c(C)nn(C)c1C.I. The summed E-state index contributed by atoms with van der Waals surface area (Å²) in [6.07, 6.45) is 2.11. The third kappa shape index (κ3) is 7.82. The number of likely N-dealkylation sites (N-methyl/N-ethyl adjacent to an activating group) is 1. The second-order valence-electron chi connectivity index (χ2n) is 7.72. The topological polar surface area (TPSA) is 57.5 Å². The zero-order valence-electron chi connectivity index (χ0n) is 18.1. The number of aliphatic imine (C=N–C) groups is 1. The van der Waals surface area contributed by atoms with Gasteiger partial charge in [0.2, 0.25) is 0 Å². The van der Waals surface area contributed by atoms with Gasteiger partial charge < -0.3 is 15.5 Å². The van der Waals surface area contributed by atoms with Crippen molar-refractivity contribution in [1.29, 1.82) is 0 Å². The number of aryl methyl sites for hydroxylation is 2. The van der Waals surface area contributed by atoms with E-state index in [1.165, 1.54) is 17.7 Å². The highest BCUT2D eigenvalue weighted by atomic mass is 127. The van der Waals surface area contributed by atoms with Crippen molar-refractivity contribution in [3.63, 3.8) is 0 Å². The molecule has 1 aromatic heterocycles. The van der Waals surface area contributed by atoms with E-state index >= 15 is 0 Å². The van der Waals surface area contributed by atoms with Crippen LogP contribution in [0.5, 0.6) is 0 Å². The van der Waals surface area contributed by atoms with E-state index in [0.29, 0.717) is 12.0 Å². The highest BCUT2D eigenvalue weighted by Crippen LogP contribution is 2.14. The van der Waals surface area contributed by atoms with Crippen molar-refractivity contribution in [1.82, 2.24) is 25.3 Å². The van der Waals surface area contributed by atoms with Crippen molar-refractivity contribution in [2.75, 3.05) is 27.7 Å². The van der Waals surface area contributed by atoms with Crippen LogP contribution in [0, 0.1) is 19.8 Å². The monoisotopic (exact) mass is 478 g/mol. The van der Waals surface area contributed by atoms with Crippen LogP contribution in [0.2, 0.25) is 0 Å². The van der Waals surface area contributed by atoms with Crippen LogP contribution in [-0.4, -0.2) is 60.4 Å². The van der Waals surface area contributed by atoms with Gasteiger partial charge in [0, 0.05) is 38.4 Å². The number of hydrogen-bond donors (Lipinski definition) is 2. The van der Waals surface area contributed by atoms with Gasteiger partial charge in [-0.15, -0.1) is 24.0 Å². The molecule has 152 valence electrons. The maximum absolute atomic E-state index is 4.51. The Morgan fingerprint density at radius 3 is 2.27 bits per heavy atom. The summed E-state index contributed by atoms with van der Waals surface area (Å²) in [6, 6.07) is 0.785. The van der Waals surface area contributed by atoms with Crippen LogP contribution in [0.25, 0.3) is 0 Å². The molecule has 2 unspecified atom stereocenters. The molecule has 2 N–H and O–H groups in total. The van der Waals surface area contributed by atoms with Crippen LogP contribution < -0.4 is 10.6 Å². The van der Waals surface area contributed by atoms with Gasteiger partial charge in [-0.3, -0.25) is 9.67 Å². The number of rotatable bonds is 8. The fourth-order valence-corrected chi connectivity index (χ4v) is 3.13. The standard InChI is InChI=1S/C19H38N6.HI/c1-13(2)10-17(24(7)8)12-21-19(20-6)22-14(3)11-18-15(4)23-25(9)16(18)5;/h13-14,17H,10-12H2,1-9H3,(H2,20,21,22);1H. The van der Waals surface area contributed by atoms with Crippen molar-refractivity contribution in [3.8, 4) is 0 Å². The molecule has 1 aromatic rings. The molecule has 0 aromatic carbocycles. The molecule has 6 nitrogen and oxygen atoms in total. The molecule has 0 spiro atoms. The lowest BCUT2D eigenvalue weighted by molar-refractivity contribution is 0.254. The van der Waals surface area contributed by atoms with Gasteiger partial charge in [0.05, 0.1) is 5.69 Å². The van der Waals surface area contributed by atoms with Gasteiger partial charge in [-0.2, -0.15) is 5.10 Å². The summed E-state index contributed by atoms with van der Waals surface area (Å²) in [6.45, 7) is 11.8. The lowest BCUT2D eigenvalue weighted by Crippen LogP contribution is -2.48. The molecule has 0 saturated carbocycles. The Labute approximate surface area is 177 Å². The van der Waals surface area contributed by atoms with Crippen molar-refractivity contribution in [2.45, 2.75) is 59.5 Å². The largest absolute Gasteiger partial charge is 0.355 e. The van der Waals surface area contributed by atoms with E-state index in [1.54, 1.807) is 0 Å². The third-order valence-corrected chi connectivity index (χ3v) is 4.75. The summed E-state index contributed by atoms with van der Waals surface area (Å²) >= 11 is 0. The normalized spacial score (nSPS) is 14.3. The number of hydrogen-bond acceptors (Lipinski definition) is 3. The predicted molar refractivity (Wildman–Crippen MR) is 123 cm³/mol.